The van der Waals surface area contributed by atoms with E-state index >= 15 is 0 Å². The average Bonchev–Trinajstić information content (AvgIpc) is 2.71. The number of carbonyl (C=O) groups is 1. The molecular formula is C25H30FNO3. The van der Waals surface area contributed by atoms with E-state index in [1.165, 1.54) is 56.5 Å². The molecular weight excluding hydrogens is 381 g/mol. The van der Waals surface area contributed by atoms with Gasteiger partial charge >= 0.3 is 5.97 Å². The van der Waals surface area contributed by atoms with Gasteiger partial charge in [-0.1, -0.05) is 30.3 Å². The molecule has 1 N–H and O–H groups in total. The van der Waals surface area contributed by atoms with Gasteiger partial charge in [0.1, 0.15) is 11.6 Å². The summed E-state index contributed by atoms with van der Waals surface area (Å²) in [5.74, 6) is -0.836. The van der Waals surface area contributed by atoms with E-state index in [9.17, 15) is 9.18 Å². The van der Waals surface area contributed by atoms with Crippen LogP contribution in [0, 0.1) is 17.2 Å². The van der Waals surface area contributed by atoms with Gasteiger partial charge in [-0.15, -0.1) is 0 Å². The summed E-state index contributed by atoms with van der Waals surface area (Å²) in [4.78, 5) is 13.4. The van der Waals surface area contributed by atoms with Gasteiger partial charge in [0.05, 0.1) is 12.2 Å². The van der Waals surface area contributed by atoms with E-state index in [1.807, 2.05) is 0 Å². The lowest BCUT2D eigenvalue weighted by molar-refractivity contribution is -0.0196. The third-order valence-corrected chi connectivity index (χ3v) is 6.81. The Hall–Kier alpha value is -2.40. The molecule has 0 atom stereocenters. The molecule has 1 aliphatic heterocycles. The van der Waals surface area contributed by atoms with Crippen LogP contribution in [0.5, 0.6) is 5.75 Å². The molecule has 160 valence electrons. The minimum absolute atomic E-state index is 0.322. The van der Waals surface area contributed by atoms with Gasteiger partial charge in [-0.25, -0.2) is 9.18 Å². The Morgan fingerprint density at radius 3 is 2.53 bits per heavy atom. The molecule has 1 saturated carbocycles. The number of ether oxygens (including phenoxy) is 1. The molecule has 1 heterocycles. The molecule has 1 aliphatic carbocycles. The third-order valence-electron chi connectivity index (χ3n) is 6.81. The molecule has 4 nitrogen and oxygen atoms in total. The summed E-state index contributed by atoms with van der Waals surface area (Å²) < 4.78 is 19.3. The van der Waals surface area contributed by atoms with Crippen LogP contribution in [0.25, 0.3) is 0 Å². The fourth-order valence-electron chi connectivity index (χ4n) is 5.13. The first-order valence-electron chi connectivity index (χ1n) is 10.9. The van der Waals surface area contributed by atoms with Gasteiger partial charge in [0, 0.05) is 12.6 Å². The first kappa shape index (κ1) is 20.9. The molecule has 30 heavy (non-hydrogen) atoms. The van der Waals surface area contributed by atoms with E-state index in [4.69, 9.17) is 9.84 Å². The Morgan fingerprint density at radius 2 is 1.87 bits per heavy atom. The summed E-state index contributed by atoms with van der Waals surface area (Å²) in [6.45, 7) is 4.00. The summed E-state index contributed by atoms with van der Waals surface area (Å²) in [7, 11) is 0. The highest BCUT2D eigenvalue weighted by molar-refractivity contribution is 5.88. The van der Waals surface area contributed by atoms with Crippen LogP contribution in [-0.4, -0.2) is 35.7 Å². The zero-order valence-electron chi connectivity index (χ0n) is 17.4. The third kappa shape index (κ3) is 5.01. The lowest BCUT2D eigenvalue weighted by atomic mass is 9.56. The van der Waals surface area contributed by atoms with Gasteiger partial charge in [0.25, 0.3) is 0 Å². The lowest BCUT2D eigenvalue weighted by Crippen LogP contribution is -2.46. The Bertz CT molecular complexity index is 854. The van der Waals surface area contributed by atoms with Crippen LogP contribution in [-0.2, 0) is 6.54 Å². The van der Waals surface area contributed by atoms with Crippen molar-refractivity contribution in [2.75, 3.05) is 19.7 Å². The van der Waals surface area contributed by atoms with Crippen molar-refractivity contribution in [1.29, 1.82) is 0 Å². The number of hydrogen-bond acceptors (Lipinski definition) is 3. The number of carboxylic acid groups (broad SMARTS) is 1. The number of piperidine rings is 1. The number of nitrogens with zero attached hydrogens (tertiary/aromatic N) is 1. The lowest BCUT2D eigenvalue weighted by Gasteiger charge is -2.52. The van der Waals surface area contributed by atoms with Crippen molar-refractivity contribution in [1.82, 2.24) is 4.90 Å². The van der Waals surface area contributed by atoms with Crippen LogP contribution < -0.4 is 4.74 Å². The van der Waals surface area contributed by atoms with E-state index in [-0.39, 0.29) is 5.56 Å². The second-order valence-electron chi connectivity index (χ2n) is 8.97. The quantitative estimate of drug-likeness (QED) is 0.593. The van der Waals surface area contributed by atoms with Crippen molar-refractivity contribution in [3.63, 3.8) is 0 Å². The SMILES string of the molecule is O=C(O)c1ccc(OCCCC2CC3(CCN(Cc4ccccc4)CC3)C2)cc1F. The largest absolute Gasteiger partial charge is 0.493 e. The molecule has 0 aromatic heterocycles. The smallest absolute Gasteiger partial charge is 0.338 e. The Balaban J connectivity index is 1.12. The van der Waals surface area contributed by atoms with E-state index in [1.54, 1.807) is 0 Å². The normalized spacial score (nSPS) is 18.8. The second kappa shape index (κ2) is 9.17. The Kier molecular flexibility index (Phi) is 6.38. The number of rotatable bonds is 8. The van der Waals surface area contributed by atoms with Crippen LogP contribution >= 0.6 is 0 Å². The number of aromatic carboxylic acids is 1. The van der Waals surface area contributed by atoms with Crippen molar-refractivity contribution in [3.05, 3.63) is 65.5 Å². The van der Waals surface area contributed by atoms with Crippen molar-refractivity contribution >= 4 is 5.97 Å². The average molecular weight is 412 g/mol. The minimum atomic E-state index is -1.26. The van der Waals surface area contributed by atoms with Gasteiger partial charge in [0.2, 0.25) is 0 Å². The van der Waals surface area contributed by atoms with E-state index < -0.39 is 11.8 Å². The number of likely N-dealkylation sites (tertiary alicyclic amines) is 1. The topological polar surface area (TPSA) is 49.8 Å². The monoisotopic (exact) mass is 411 g/mol. The molecule has 2 fully saturated rings. The molecule has 4 rings (SSSR count). The predicted octanol–water partition coefficient (Wildman–Crippen LogP) is 5.38. The molecule has 0 radical (unpaired) electrons. The van der Waals surface area contributed by atoms with Gasteiger partial charge in [-0.05, 0) is 80.6 Å². The summed E-state index contributed by atoms with van der Waals surface area (Å²) in [5.41, 5.74) is 1.64. The standard InChI is InChI=1S/C25H30FNO3/c26-23-15-21(8-9-22(23)24(28)29)30-14-4-7-20-16-25(17-20)10-12-27(13-11-25)18-19-5-2-1-3-6-19/h1-3,5-6,8-9,15,20H,4,7,10-14,16-18H2,(H,28,29). The number of halogens is 1. The van der Waals surface area contributed by atoms with Crippen LogP contribution in [0.2, 0.25) is 0 Å². The van der Waals surface area contributed by atoms with Crippen molar-refractivity contribution in [2.24, 2.45) is 11.3 Å². The van der Waals surface area contributed by atoms with Crippen LogP contribution in [0.15, 0.2) is 48.5 Å². The number of carboxylic acids is 1. The number of benzene rings is 2. The predicted molar refractivity (Wildman–Crippen MR) is 114 cm³/mol. The van der Waals surface area contributed by atoms with E-state index in [0.717, 1.165) is 31.4 Å². The van der Waals surface area contributed by atoms with E-state index in [0.29, 0.717) is 17.8 Å². The zero-order chi connectivity index (χ0) is 21.0. The van der Waals surface area contributed by atoms with Gasteiger partial charge in [-0.2, -0.15) is 0 Å². The molecule has 2 aliphatic rings. The summed E-state index contributed by atoms with van der Waals surface area (Å²) in [6.07, 6.45) is 7.36. The number of hydrogen-bond donors (Lipinski definition) is 1. The maximum Gasteiger partial charge on any atom is 0.338 e. The molecule has 0 unspecified atom stereocenters. The Labute approximate surface area is 177 Å². The summed E-state index contributed by atoms with van der Waals surface area (Å²) in [5, 5.41) is 8.87. The fourth-order valence-corrected chi connectivity index (χ4v) is 5.13. The van der Waals surface area contributed by atoms with Crippen LogP contribution in [0.1, 0.15) is 54.4 Å². The minimum Gasteiger partial charge on any atom is -0.493 e. The fraction of sp³-hybridized carbons (Fsp3) is 0.480. The summed E-state index contributed by atoms with van der Waals surface area (Å²) >= 11 is 0. The second-order valence-corrected chi connectivity index (χ2v) is 8.97. The van der Waals surface area contributed by atoms with E-state index in [2.05, 4.69) is 35.2 Å². The molecule has 0 bridgehead atoms. The maximum absolute atomic E-state index is 13.7. The van der Waals surface area contributed by atoms with Crippen LogP contribution in [0.4, 0.5) is 4.39 Å². The zero-order valence-corrected chi connectivity index (χ0v) is 17.4. The van der Waals surface area contributed by atoms with Crippen LogP contribution in [0.3, 0.4) is 0 Å². The first-order chi connectivity index (χ1) is 14.5. The van der Waals surface area contributed by atoms with Gasteiger partial charge < -0.3 is 9.84 Å². The summed E-state index contributed by atoms with van der Waals surface area (Å²) in [6, 6.07) is 14.7. The molecule has 0 amide bonds. The van der Waals surface area contributed by atoms with Crippen molar-refractivity contribution in [3.8, 4) is 5.75 Å². The first-order valence-corrected chi connectivity index (χ1v) is 10.9. The molecule has 1 spiro atoms. The molecule has 1 saturated heterocycles. The van der Waals surface area contributed by atoms with Crippen molar-refractivity contribution in [2.45, 2.75) is 45.1 Å². The maximum atomic E-state index is 13.7. The highest BCUT2D eigenvalue weighted by Gasteiger charge is 2.45. The highest BCUT2D eigenvalue weighted by Crippen LogP contribution is 2.54. The van der Waals surface area contributed by atoms with Gasteiger partial charge in [-0.3, -0.25) is 4.90 Å². The Morgan fingerprint density at radius 1 is 1.13 bits per heavy atom. The van der Waals surface area contributed by atoms with Crippen molar-refractivity contribution < 1.29 is 19.0 Å². The molecule has 5 heteroatoms. The molecule has 2 aromatic carbocycles. The highest BCUT2D eigenvalue weighted by atomic mass is 19.1. The van der Waals surface area contributed by atoms with Gasteiger partial charge in [0.15, 0.2) is 0 Å². The molecule has 2 aromatic rings.